The maximum atomic E-state index is 13.6. The monoisotopic (exact) mass is 462 g/mol. The van der Waals surface area contributed by atoms with Crippen LogP contribution in [0.5, 0.6) is 0 Å². The highest BCUT2D eigenvalue weighted by Gasteiger charge is 2.32. The van der Waals surface area contributed by atoms with Crippen molar-refractivity contribution >= 4 is 23.4 Å². The summed E-state index contributed by atoms with van der Waals surface area (Å²) in [5.41, 5.74) is 1.83. The van der Waals surface area contributed by atoms with E-state index in [0.29, 0.717) is 55.3 Å². The summed E-state index contributed by atoms with van der Waals surface area (Å²) in [5, 5.41) is 0. The molecular weight excluding hydrogens is 435 g/mol. The number of rotatable bonds is 6. The van der Waals surface area contributed by atoms with Crippen molar-refractivity contribution in [2.75, 3.05) is 31.6 Å². The first-order valence-electron chi connectivity index (χ1n) is 11.4. The van der Waals surface area contributed by atoms with Gasteiger partial charge in [-0.05, 0) is 56.2 Å². The van der Waals surface area contributed by atoms with Crippen LogP contribution >= 0.6 is 0 Å². The molecule has 2 aromatic carbocycles. The van der Waals surface area contributed by atoms with Gasteiger partial charge in [0.05, 0.1) is 12.5 Å². The number of esters is 1. The van der Waals surface area contributed by atoms with Gasteiger partial charge in [0.1, 0.15) is 17.2 Å². The number of carbonyl (C=O) groups is 2. The Morgan fingerprint density at radius 2 is 1.88 bits per heavy atom. The predicted octanol–water partition coefficient (Wildman–Crippen LogP) is 4.47. The minimum atomic E-state index is -0.349. The van der Waals surface area contributed by atoms with E-state index < -0.39 is 0 Å². The zero-order chi connectivity index (χ0) is 24.1. The summed E-state index contributed by atoms with van der Waals surface area (Å²) in [4.78, 5) is 38.5. The van der Waals surface area contributed by atoms with E-state index in [1.807, 2.05) is 42.3 Å². The number of aromatic nitrogens is 2. The first-order chi connectivity index (χ1) is 16.5. The lowest BCUT2D eigenvalue weighted by molar-refractivity contribution is -0.149. The average molecular weight is 463 g/mol. The topological polar surface area (TPSA) is 75.6 Å². The minimum absolute atomic E-state index is 0.238. The molecule has 1 saturated heterocycles. The van der Waals surface area contributed by atoms with Gasteiger partial charge in [0.2, 0.25) is 0 Å². The van der Waals surface area contributed by atoms with Gasteiger partial charge < -0.3 is 14.5 Å². The van der Waals surface area contributed by atoms with Crippen molar-refractivity contribution in [3.8, 4) is 11.4 Å². The molecular formula is C26H27FN4O3. The minimum Gasteiger partial charge on any atom is -0.466 e. The van der Waals surface area contributed by atoms with Gasteiger partial charge in [-0.1, -0.05) is 18.2 Å². The number of hydrogen-bond donors (Lipinski definition) is 0. The van der Waals surface area contributed by atoms with Crippen LogP contribution in [0.15, 0.2) is 60.8 Å². The molecule has 1 amide bonds. The Bertz CT molecular complexity index is 1150. The molecule has 2 heterocycles. The molecule has 0 N–H and O–H groups in total. The highest BCUT2D eigenvalue weighted by atomic mass is 19.1. The summed E-state index contributed by atoms with van der Waals surface area (Å²) in [7, 11) is 1.83. The van der Waals surface area contributed by atoms with Crippen LogP contribution < -0.4 is 4.90 Å². The molecule has 176 valence electrons. The van der Waals surface area contributed by atoms with Crippen LogP contribution in [0.1, 0.15) is 30.1 Å². The van der Waals surface area contributed by atoms with Crippen molar-refractivity contribution in [1.82, 2.24) is 14.9 Å². The second-order valence-electron chi connectivity index (χ2n) is 8.17. The van der Waals surface area contributed by atoms with Crippen LogP contribution in [0.3, 0.4) is 0 Å². The second kappa shape index (κ2) is 10.4. The first kappa shape index (κ1) is 23.4. The van der Waals surface area contributed by atoms with E-state index in [0.717, 1.165) is 5.69 Å². The van der Waals surface area contributed by atoms with Gasteiger partial charge in [0.15, 0.2) is 5.82 Å². The van der Waals surface area contributed by atoms with Crippen molar-refractivity contribution in [1.29, 1.82) is 0 Å². The lowest BCUT2D eigenvalue weighted by Gasteiger charge is -2.32. The number of benzene rings is 2. The SMILES string of the molecule is CCOC(=O)C1CCCN(C(=O)c2cnc(-c3ccc(F)cc3)nc2N(C)c2ccccc2)C1. The van der Waals surface area contributed by atoms with Crippen LogP contribution in [-0.2, 0) is 9.53 Å². The molecule has 0 saturated carbocycles. The number of anilines is 2. The van der Waals surface area contributed by atoms with Crippen molar-refractivity contribution in [3.63, 3.8) is 0 Å². The summed E-state index contributed by atoms with van der Waals surface area (Å²) in [6.45, 7) is 2.93. The van der Waals surface area contributed by atoms with Crippen molar-refractivity contribution in [2.45, 2.75) is 19.8 Å². The molecule has 0 bridgehead atoms. The molecule has 1 aliphatic heterocycles. The highest BCUT2D eigenvalue weighted by Crippen LogP contribution is 2.29. The van der Waals surface area contributed by atoms with Crippen molar-refractivity contribution in [2.24, 2.45) is 5.92 Å². The lowest BCUT2D eigenvalue weighted by Crippen LogP contribution is -2.43. The Labute approximate surface area is 198 Å². The number of hydrogen-bond acceptors (Lipinski definition) is 6. The Hall–Kier alpha value is -3.81. The third-order valence-electron chi connectivity index (χ3n) is 5.89. The molecule has 1 aliphatic rings. The fraction of sp³-hybridized carbons (Fsp3) is 0.308. The van der Waals surface area contributed by atoms with E-state index >= 15 is 0 Å². The Balaban J connectivity index is 1.70. The molecule has 34 heavy (non-hydrogen) atoms. The summed E-state index contributed by atoms with van der Waals surface area (Å²) in [6.07, 6.45) is 2.92. The number of amides is 1. The van der Waals surface area contributed by atoms with E-state index in [4.69, 9.17) is 9.72 Å². The van der Waals surface area contributed by atoms with Gasteiger partial charge in [-0.2, -0.15) is 0 Å². The standard InChI is InChI=1S/C26H27FN4O3/c1-3-34-26(33)19-8-7-15-31(17-19)25(32)22-16-28-23(18-11-13-20(27)14-12-18)29-24(22)30(2)21-9-5-4-6-10-21/h4-6,9-14,16,19H,3,7-8,15,17H2,1-2H3. The Morgan fingerprint density at radius 1 is 1.15 bits per heavy atom. The highest BCUT2D eigenvalue weighted by molar-refractivity contribution is 6.00. The van der Waals surface area contributed by atoms with Gasteiger partial charge >= 0.3 is 5.97 Å². The number of ether oxygens (including phenoxy) is 1. The lowest BCUT2D eigenvalue weighted by atomic mass is 9.97. The number of likely N-dealkylation sites (tertiary alicyclic amines) is 1. The van der Waals surface area contributed by atoms with Gasteiger partial charge in [-0.15, -0.1) is 0 Å². The largest absolute Gasteiger partial charge is 0.466 e. The van der Waals surface area contributed by atoms with Gasteiger partial charge in [0, 0.05) is 37.6 Å². The third-order valence-corrected chi connectivity index (χ3v) is 5.89. The molecule has 0 spiro atoms. The van der Waals surface area contributed by atoms with Gasteiger partial charge in [-0.25, -0.2) is 14.4 Å². The molecule has 1 fully saturated rings. The molecule has 8 heteroatoms. The number of para-hydroxylation sites is 1. The fourth-order valence-corrected chi connectivity index (χ4v) is 4.08. The Morgan fingerprint density at radius 3 is 2.59 bits per heavy atom. The van der Waals surface area contributed by atoms with Crippen molar-refractivity contribution in [3.05, 3.63) is 72.2 Å². The average Bonchev–Trinajstić information content (AvgIpc) is 2.88. The number of carbonyl (C=O) groups excluding carboxylic acids is 2. The van der Waals surface area contributed by atoms with E-state index in [-0.39, 0.29) is 23.6 Å². The third kappa shape index (κ3) is 5.06. The van der Waals surface area contributed by atoms with Crippen LogP contribution in [0, 0.1) is 11.7 Å². The summed E-state index contributed by atoms with van der Waals surface area (Å²) >= 11 is 0. The molecule has 3 aromatic rings. The molecule has 7 nitrogen and oxygen atoms in total. The zero-order valence-corrected chi connectivity index (χ0v) is 19.3. The molecule has 1 atom stereocenters. The molecule has 1 aromatic heterocycles. The van der Waals surface area contributed by atoms with Crippen LogP contribution in [0.4, 0.5) is 15.9 Å². The summed E-state index contributed by atoms with van der Waals surface area (Å²) < 4.78 is 18.6. The Kier molecular flexibility index (Phi) is 7.15. The molecule has 0 aliphatic carbocycles. The zero-order valence-electron chi connectivity index (χ0n) is 19.3. The maximum Gasteiger partial charge on any atom is 0.310 e. The van der Waals surface area contributed by atoms with Gasteiger partial charge in [0.25, 0.3) is 5.91 Å². The van der Waals surface area contributed by atoms with Crippen LogP contribution in [0.25, 0.3) is 11.4 Å². The van der Waals surface area contributed by atoms with Crippen LogP contribution in [0.2, 0.25) is 0 Å². The van der Waals surface area contributed by atoms with E-state index in [9.17, 15) is 14.0 Å². The molecule has 4 rings (SSSR count). The fourth-order valence-electron chi connectivity index (χ4n) is 4.08. The predicted molar refractivity (Wildman–Crippen MR) is 127 cm³/mol. The molecule has 0 radical (unpaired) electrons. The summed E-state index contributed by atoms with van der Waals surface area (Å²) in [6, 6.07) is 15.5. The quantitative estimate of drug-likeness (QED) is 0.504. The first-order valence-corrected chi connectivity index (χ1v) is 11.4. The smallest absolute Gasteiger partial charge is 0.310 e. The van der Waals surface area contributed by atoms with Crippen molar-refractivity contribution < 1.29 is 18.7 Å². The number of nitrogens with zero attached hydrogens (tertiary/aromatic N) is 4. The second-order valence-corrected chi connectivity index (χ2v) is 8.17. The maximum absolute atomic E-state index is 13.6. The summed E-state index contributed by atoms with van der Waals surface area (Å²) in [5.74, 6) is -0.381. The number of piperidine rings is 1. The normalized spacial score (nSPS) is 15.6. The van der Waals surface area contributed by atoms with Crippen LogP contribution in [-0.4, -0.2) is 53.5 Å². The number of halogens is 1. The molecule has 1 unspecified atom stereocenters. The van der Waals surface area contributed by atoms with Gasteiger partial charge in [-0.3, -0.25) is 9.59 Å². The van der Waals surface area contributed by atoms with E-state index in [1.165, 1.54) is 18.3 Å². The van der Waals surface area contributed by atoms with E-state index in [2.05, 4.69) is 4.98 Å². The van der Waals surface area contributed by atoms with E-state index in [1.54, 1.807) is 24.0 Å².